The molecule has 17 heavy (non-hydrogen) atoms. The van der Waals surface area contributed by atoms with Crippen LogP contribution < -0.4 is 0 Å². The molecule has 2 rings (SSSR count). The van der Waals surface area contributed by atoms with E-state index in [4.69, 9.17) is 0 Å². The van der Waals surface area contributed by atoms with Crippen molar-refractivity contribution in [1.82, 2.24) is 0 Å². The lowest BCUT2D eigenvalue weighted by Gasteiger charge is -2.26. The van der Waals surface area contributed by atoms with E-state index in [1.165, 1.54) is 37.8 Å². The molecule has 1 unspecified atom stereocenters. The summed E-state index contributed by atoms with van der Waals surface area (Å²) in [5.41, 5.74) is 0.349. The van der Waals surface area contributed by atoms with Gasteiger partial charge in [0, 0.05) is 6.42 Å². The van der Waals surface area contributed by atoms with Crippen molar-refractivity contribution < 1.29 is 9.50 Å². The maximum Gasteiger partial charge on any atom is 0.123 e. The standard InChI is InChI=1S/C15H21FO/c1-15(17,10-12-4-2-3-5-12)11-13-6-8-14(16)9-7-13/h6-9,12,17H,2-5,10-11H2,1H3. The Labute approximate surface area is 103 Å². The zero-order valence-corrected chi connectivity index (χ0v) is 10.5. The van der Waals surface area contributed by atoms with Crippen molar-refractivity contribution in [1.29, 1.82) is 0 Å². The van der Waals surface area contributed by atoms with Gasteiger partial charge in [0.2, 0.25) is 0 Å². The van der Waals surface area contributed by atoms with E-state index < -0.39 is 5.60 Å². The second kappa shape index (κ2) is 5.18. The minimum Gasteiger partial charge on any atom is -0.390 e. The van der Waals surface area contributed by atoms with Crippen LogP contribution in [0.4, 0.5) is 4.39 Å². The Hall–Kier alpha value is -0.890. The average Bonchev–Trinajstić information content (AvgIpc) is 2.73. The lowest BCUT2D eigenvalue weighted by Crippen LogP contribution is -2.29. The van der Waals surface area contributed by atoms with Crippen LogP contribution in [0.1, 0.15) is 44.6 Å². The molecule has 2 heteroatoms. The molecule has 0 aromatic heterocycles. The zero-order chi connectivity index (χ0) is 12.3. The van der Waals surface area contributed by atoms with Crippen molar-refractivity contribution in [3.63, 3.8) is 0 Å². The summed E-state index contributed by atoms with van der Waals surface area (Å²) >= 11 is 0. The Bertz CT molecular complexity index is 350. The topological polar surface area (TPSA) is 20.2 Å². The van der Waals surface area contributed by atoms with Gasteiger partial charge in [0.25, 0.3) is 0 Å². The van der Waals surface area contributed by atoms with Crippen LogP contribution in [0.5, 0.6) is 0 Å². The van der Waals surface area contributed by atoms with E-state index in [2.05, 4.69) is 0 Å². The number of hydrogen-bond acceptors (Lipinski definition) is 1. The molecule has 1 saturated carbocycles. The highest BCUT2D eigenvalue weighted by molar-refractivity contribution is 5.18. The minimum atomic E-state index is -0.660. The van der Waals surface area contributed by atoms with Crippen molar-refractivity contribution >= 4 is 0 Å². The van der Waals surface area contributed by atoms with Gasteiger partial charge < -0.3 is 5.11 Å². The van der Waals surface area contributed by atoms with Gasteiger partial charge >= 0.3 is 0 Å². The van der Waals surface area contributed by atoms with E-state index in [1.807, 2.05) is 6.92 Å². The Kier molecular flexibility index (Phi) is 3.82. The highest BCUT2D eigenvalue weighted by Crippen LogP contribution is 2.33. The number of rotatable bonds is 4. The van der Waals surface area contributed by atoms with E-state index >= 15 is 0 Å². The normalized spacial score (nSPS) is 20.4. The van der Waals surface area contributed by atoms with Crippen LogP contribution in [-0.2, 0) is 6.42 Å². The monoisotopic (exact) mass is 236 g/mol. The van der Waals surface area contributed by atoms with E-state index in [0.29, 0.717) is 12.3 Å². The van der Waals surface area contributed by atoms with Gasteiger partial charge in [-0.05, 0) is 37.0 Å². The molecular weight excluding hydrogens is 215 g/mol. The molecule has 1 fully saturated rings. The first-order valence-electron chi connectivity index (χ1n) is 6.52. The third-order valence-corrected chi connectivity index (χ3v) is 3.70. The summed E-state index contributed by atoms with van der Waals surface area (Å²) in [7, 11) is 0. The molecular formula is C15H21FO. The predicted molar refractivity (Wildman–Crippen MR) is 67.3 cm³/mol. The summed E-state index contributed by atoms with van der Waals surface area (Å²) in [5.74, 6) is 0.453. The molecule has 94 valence electrons. The number of benzene rings is 1. The van der Waals surface area contributed by atoms with Crippen molar-refractivity contribution in [3.8, 4) is 0 Å². The molecule has 0 saturated heterocycles. The van der Waals surface area contributed by atoms with Gasteiger partial charge in [-0.15, -0.1) is 0 Å². The lowest BCUT2D eigenvalue weighted by atomic mass is 9.86. The van der Waals surface area contributed by atoms with Gasteiger partial charge in [-0.2, -0.15) is 0 Å². The third-order valence-electron chi connectivity index (χ3n) is 3.70. The van der Waals surface area contributed by atoms with Crippen molar-refractivity contribution in [2.45, 2.75) is 51.0 Å². The fourth-order valence-corrected chi connectivity index (χ4v) is 2.95. The molecule has 1 nitrogen and oxygen atoms in total. The molecule has 0 aliphatic heterocycles. The second-order valence-electron chi connectivity index (χ2n) is 5.65. The second-order valence-corrected chi connectivity index (χ2v) is 5.65. The Morgan fingerprint density at radius 2 is 1.82 bits per heavy atom. The highest BCUT2D eigenvalue weighted by Gasteiger charge is 2.27. The van der Waals surface area contributed by atoms with E-state index in [0.717, 1.165) is 12.0 Å². The fraction of sp³-hybridized carbons (Fsp3) is 0.600. The van der Waals surface area contributed by atoms with E-state index in [-0.39, 0.29) is 5.82 Å². The van der Waals surface area contributed by atoms with Crippen LogP contribution >= 0.6 is 0 Å². The summed E-state index contributed by atoms with van der Waals surface area (Å²) in [5, 5.41) is 10.4. The molecule has 1 aromatic rings. The molecule has 0 spiro atoms. The summed E-state index contributed by atoms with van der Waals surface area (Å²) in [4.78, 5) is 0. The maximum absolute atomic E-state index is 12.8. The number of hydrogen-bond donors (Lipinski definition) is 1. The predicted octanol–water partition coefficient (Wildman–Crippen LogP) is 3.70. The van der Waals surface area contributed by atoms with Crippen molar-refractivity contribution in [2.75, 3.05) is 0 Å². The number of halogens is 1. The molecule has 1 N–H and O–H groups in total. The first-order chi connectivity index (χ1) is 8.05. The molecule has 0 radical (unpaired) electrons. The molecule has 1 aromatic carbocycles. The number of aliphatic hydroxyl groups is 1. The maximum atomic E-state index is 12.8. The molecule has 0 bridgehead atoms. The van der Waals surface area contributed by atoms with Crippen LogP contribution in [0.25, 0.3) is 0 Å². The quantitative estimate of drug-likeness (QED) is 0.845. The molecule has 0 heterocycles. The first kappa shape index (κ1) is 12.6. The van der Waals surface area contributed by atoms with Crippen LogP contribution in [0.2, 0.25) is 0 Å². The molecule has 0 amide bonds. The Morgan fingerprint density at radius 3 is 2.41 bits per heavy atom. The first-order valence-corrected chi connectivity index (χ1v) is 6.52. The summed E-state index contributed by atoms with van der Waals surface area (Å²) in [6.45, 7) is 1.90. The van der Waals surface area contributed by atoms with Crippen LogP contribution in [0.15, 0.2) is 24.3 Å². The van der Waals surface area contributed by atoms with Gasteiger partial charge in [0.15, 0.2) is 0 Å². The summed E-state index contributed by atoms with van der Waals surface area (Å²) < 4.78 is 12.8. The van der Waals surface area contributed by atoms with Crippen molar-refractivity contribution in [2.24, 2.45) is 5.92 Å². The Morgan fingerprint density at radius 1 is 1.24 bits per heavy atom. The highest BCUT2D eigenvalue weighted by atomic mass is 19.1. The minimum absolute atomic E-state index is 0.218. The van der Waals surface area contributed by atoms with Crippen LogP contribution in [-0.4, -0.2) is 10.7 Å². The van der Waals surface area contributed by atoms with Gasteiger partial charge in [0.05, 0.1) is 5.60 Å². The van der Waals surface area contributed by atoms with Gasteiger partial charge in [-0.25, -0.2) is 4.39 Å². The lowest BCUT2D eigenvalue weighted by molar-refractivity contribution is 0.0348. The van der Waals surface area contributed by atoms with Crippen LogP contribution in [0, 0.1) is 11.7 Å². The van der Waals surface area contributed by atoms with Gasteiger partial charge in [-0.1, -0.05) is 37.8 Å². The Balaban J connectivity index is 1.93. The SMILES string of the molecule is CC(O)(Cc1ccc(F)cc1)CC1CCCC1. The van der Waals surface area contributed by atoms with E-state index in [9.17, 15) is 9.50 Å². The third kappa shape index (κ3) is 3.81. The van der Waals surface area contributed by atoms with Gasteiger partial charge in [0.1, 0.15) is 5.82 Å². The summed E-state index contributed by atoms with van der Waals surface area (Å²) in [6, 6.07) is 6.44. The van der Waals surface area contributed by atoms with Gasteiger partial charge in [-0.3, -0.25) is 0 Å². The van der Waals surface area contributed by atoms with Crippen LogP contribution in [0.3, 0.4) is 0 Å². The van der Waals surface area contributed by atoms with Crippen molar-refractivity contribution in [3.05, 3.63) is 35.6 Å². The summed E-state index contributed by atoms with van der Waals surface area (Å²) in [6.07, 6.45) is 6.59. The fourth-order valence-electron chi connectivity index (χ4n) is 2.95. The average molecular weight is 236 g/mol. The largest absolute Gasteiger partial charge is 0.390 e. The molecule has 1 aliphatic carbocycles. The van der Waals surface area contributed by atoms with E-state index in [1.54, 1.807) is 12.1 Å². The zero-order valence-electron chi connectivity index (χ0n) is 10.5. The molecule has 1 aliphatic rings. The molecule has 1 atom stereocenters. The smallest absolute Gasteiger partial charge is 0.123 e.